The van der Waals surface area contributed by atoms with Crippen molar-refractivity contribution < 1.29 is 8.42 Å². The highest BCUT2D eigenvalue weighted by atomic mass is 32.2. The topological polar surface area (TPSA) is 72.2 Å². The lowest BCUT2D eigenvalue weighted by molar-refractivity contribution is 0.478. The smallest absolute Gasteiger partial charge is 0.220 e. The van der Waals surface area contributed by atoms with Crippen LogP contribution in [0, 0.1) is 5.92 Å². The third kappa shape index (κ3) is 4.90. The van der Waals surface area contributed by atoms with Gasteiger partial charge in [0.2, 0.25) is 10.0 Å². The average Bonchev–Trinajstić information content (AvgIpc) is 2.18. The fraction of sp³-hybridized carbons (Fsp3) is 0.889. The van der Waals surface area contributed by atoms with Crippen LogP contribution in [0.1, 0.15) is 33.6 Å². The zero-order valence-corrected chi connectivity index (χ0v) is 11.1. The number of nitrogens with one attached hydrogen (secondary N) is 1. The summed E-state index contributed by atoms with van der Waals surface area (Å²) in [6.07, 6.45) is 1.92. The van der Waals surface area contributed by atoms with E-state index in [2.05, 4.69) is 16.9 Å². The zero-order chi connectivity index (χ0) is 12.1. The Hall–Kier alpha value is -0.200. The first-order valence-corrected chi connectivity index (χ1v) is 7.08. The Labute approximate surface area is 97.7 Å². The molecule has 4 nitrogen and oxygen atoms in total. The van der Waals surface area contributed by atoms with Crippen LogP contribution in [-0.2, 0) is 10.0 Å². The van der Waals surface area contributed by atoms with Gasteiger partial charge in [0.15, 0.2) is 0 Å². The van der Waals surface area contributed by atoms with Gasteiger partial charge in [0.1, 0.15) is 5.25 Å². The van der Waals surface area contributed by atoms with E-state index in [1.54, 1.807) is 0 Å². The fourth-order valence-corrected chi connectivity index (χ4v) is 2.49. The SMILES string of the molecule is CCC(CC)CNS(=O)(=O)C(C)C(N)=S. The van der Waals surface area contributed by atoms with E-state index >= 15 is 0 Å². The Kier molecular flexibility index (Phi) is 6.31. The van der Waals surface area contributed by atoms with E-state index in [1.807, 2.05) is 13.8 Å². The highest BCUT2D eigenvalue weighted by Crippen LogP contribution is 2.07. The summed E-state index contributed by atoms with van der Waals surface area (Å²) in [5, 5.41) is -0.804. The number of thiocarbonyl (C=S) groups is 1. The van der Waals surface area contributed by atoms with Gasteiger partial charge in [0, 0.05) is 6.54 Å². The molecule has 6 heteroatoms. The van der Waals surface area contributed by atoms with Gasteiger partial charge in [0.05, 0.1) is 4.99 Å². The van der Waals surface area contributed by atoms with E-state index in [1.165, 1.54) is 6.92 Å². The second kappa shape index (κ2) is 6.40. The summed E-state index contributed by atoms with van der Waals surface area (Å²) in [4.78, 5) is 0.00652. The molecule has 15 heavy (non-hydrogen) atoms. The van der Waals surface area contributed by atoms with Gasteiger partial charge >= 0.3 is 0 Å². The average molecular weight is 252 g/mol. The minimum atomic E-state index is -3.39. The van der Waals surface area contributed by atoms with Gasteiger partial charge in [-0.2, -0.15) is 0 Å². The molecule has 0 spiro atoms. The zero-order valence-electron chi connectivity index (χ0n) is 9.49. The van der Waals surface area contributed by atoms with Crippen molar-refractivity contribution in [3.05, 3.63) is 0 Å². The molecule has 0 saturated carbocycles. The summed E-state index contributed by atoms with van der Waals surface area (Å²) in [5.41, 5.74) is 5.31. The molecule has 0 aromatic heterocycles. The number of nitrogens with two attached hydrogens (primary N) is 1. The molecule has 0 radical (unpaired) electrons. The third-order valence-electron chi connectivity index (χ3n) is 2.59. The van der Waals surface area contributed by atoms with E-state index in [4.69, 9.17) is 5.73 Å². The summed E-state index contributed by atoms with van der Waals surface area (Å²) in [6, 6.07) is 0. The molecule has 0 aliphatic rings. The molecule has 90 valence electrons. The van der Waals surface area contributed by atoms with Crippen molar-refractivity contribution in [1.82, 2.24) is 4.72 Å². The van der Waals surface area contributed by atoms with Crippen LogP contribution in [0.15, 0.2) is 0 Å². The van der Waals surface area contributed by atoms with Gasteiger partial charge in [-0.05, 0) is 12.8 Å². The maximum atomic E-state index is 11.6. The maximum absolute atomic E-state index is 11.6. The summed E-state index contributed by atoms with van der Waals surface area (Å²) in [7, 11) is -3.39. The number of hydrogen-bond donors (Lipinski definition) is 2. The van der Waals surface area contributed by atoms with Crippen molar-refractivity contribution in [3.63, 3.8) is 0 Å². The summed E-state index contributed by atoms with van der Waals surface area (Å²) >= 11 is 4.66. The van der Waals surface area contributed by atoms with Crippen LogP contribution < -0.4 is 10.5 Å². The summed E-state index contributed by atoms with van der Waals surface area (Å²) in [6.45, 7) is 6.04. The van der Waals surface area contributed by atoms with Crippen LogP contribution in [0.3, 0.4) is 0 Å². The van der Waals surface area contributed by atoms with Gasteiger partial charge in [-0.3, -0.25) is 0 Å². The van der Waals surface area contributed by atoms with E-state index in [0.717, 1.165) is 12.8 Å². The molecule has 1 atom stereocenters. The van der Waals surface area contributed by atoms with Gasteiger partial charge in [-0.25, -0.2) is 13.1 Å². The Bertz CT molecular complexity index is 297. The second-order valence-electron chi connectivity index (χ2n) is 3.62. The Morgan fingerprint density at radius 1 is 1.40 bits per heavy atom. The maximum Gasteiger partial charge on any atom is 0.220 e. The Morgan fingerprint density at radius 2 is 1.87 bits per heavy atom. The first-order chi connectivity index (χ1) is 6.85. The van der Waals surface area contributed by atoms with E-state index in [-0.39, 0.29) is 4.99 Å². The van der Waals surface area contributed by atoms with Gasteiger partial charge in [-0.15, -0.1) is 0 Å². The lowest BCUT2D eigenvalue weighted by Gasteiger charge is -2.16. The van der Waals surface area contributed by atoms with Crippen LogP contribution in [0.4, 0.5) is 0 Å². The molecule has 0 aliphatic carbocycles. The number of hydrogen-bond acceptors (Lipinski definition) is 3. The lowest BCUT2D eigenvalue weighted by Crippen LogP contribution is -2.41. The molecule has 0 bridgehead atoms. The van der Waals surface area contributed by atoms with Crippen LogP contribution in [0.5, 0.6) is 0 Å². The molecule has 0 amide bonds. The molecule has 0 aromatic carbocycles. The number of sulfonamides is 1. The monoisotopic (exact) mass is 252 g/mol. The Morgan fingerprint density at radius 3 is 2.20 bits per heavy atom. The molecular weight excluding hydrogens is 232 g/mol. The van der Waals surface area contributed by atoms with Crippen molar-refractivity contribution in [3.8, 4) is 0 Å². The molecule has 0 fully saturated rings. The molecule has 0 aromatic rings. The fourth-order valence-electron chi connectivity index (χ4n) is 1.09. The first-order valence-electron chi connectivity index (χ1n) is 5.12. The van der Waals surface area contributed by atoms with Gasteiger partial charge in [0.25, 0.3) is 0 Å². The molecule has 3 N–H and O–H groups in total. The normalized spacial score (nSPS) is 14.1. The van der Waals surface area contributed by atoms with Crippen molar-refractivity contribution >= 4 is 27.2 Å². The largest absolute Gasteiger partial charge is 0.392 e. The highest BCUT2D eigenvalue weighted by molar-refractivity contribution is 7.93. The molecule has 0 aliphatic heterocycles. The minimum absolute atomic E-state index is 0.00652. The van der Waals surface area contributed by atoms with Crippen LogP contribution in [0.2, 0.25) is 0 Å². The second-order valence-corrected chi connectivity index (χ2v) is 6.18. The number of rotatable bonds is 7. The predicted molar refractivity (Wildman–Crippen MR) is 67.2 cm³/mol. The molecular formula is C9H20N2O2S2. The summed E-state index contributed by atoms with van der Waals surface area (Å²) in [5.74, 6) is 0.373. The van der Waals surface area contributed by atoms with Gasteiger partial charge in [-0.1, -0.05) is 38.9 Å². The van der Waals surface area contributed by atoms with Gasteiger partial charge < -0.3 is 5.73 Å². The quantitative estimate of drug-likeness (QED) is 0.664. The molecule has 0 rings (SSSR count). The van der Waals surface area contributed by atoms with E-state index in [9.17, 15) is 8.42 Å². The molecule has 0 saturated heterocycles. The van der Waals surface area contributed by atoms with E-state index in [0.29, 0.717) is 12.5 Å². The highest BCUT2D eigenvalue weighted by Gasteiger charge is 2.23. The van der Waals surface area contributed by atoms with Crippen LogP contribution >= 0.6 is 12.2 Å². The van der Waals surface area contributed by atoms with Crippen molar-refractivity contribution in [2.75, 3.05) is 6.54 Å². The predicted octanol–water partition coefficient (Wildman–Crippen LogP) is 1.02. The van der Waals surface area contributed by atoms with Crippen molar-refractivity contribution in [2.24, 2.45) is 11.7 Å². The molecule has 0 heterocycles. The van der Waals surface area contributed by atoms with Crippen molar-refractivity contribution in [1.29, 1.82) is 0 Å². The van der Waals surface area contributed by atoms with Crippen molar-refractivity contribution in [2.45, 2.75) is 38.9 Å². The third-order valence-corrected chi connectivity index (χ3v) is 4.85. The lowest BCUT2D eigenvalue weighted by atomic mass is 10.0. The van der Waals surface area contributed by atoms with Crippen LogP contribution in [-0.4, -0.2) is 25.2 Å². The molecule has 1 unspecified atom stereocenters. The van der Waals surface area contributed by atoms with Crippen LogP contribution in [0.25, 0.3) is 0 Å². The first kappa shape index (κ1) is 14.8. The minimum Gasteiger partial charge on any atom is -0.392 e. The Balaban J connectivity index is 4.33. The summed E-state index contributed by atoms with van der Waals surface area (Å²) < 4.78 is 25.8. The van der Waals surface area contributed by atoms with E-state index < -0.39 is 15.3 Å². The standard InChI is InChI=1S/C9H20N2O2S2/c1-4-8(5-2)6-11-15(12,13)7(3)9(10)14/h7-8,11H,4-6H2,1-3H3,(H2,10,14).